The summed E-state index contributed by atoms with van der Waals surface area (Å²) in [6.45, 7) is 2.45. The third-order valence-corrected chi connectivity index (χ3v) is 4.22. The topological polar surface area (TPSA) is 70.7 Å². The van der Waals surface area contributed by atoms with Crippen molar-refractivity contribution in [1.29, 1.82) is 0 Å². The minimum Gasteiger partial charge on any atom is -0.375 e. The number of hydrogen-bond acceptors (Lipinski definition) is 4. The van der Waals surface area contributed by atoms with Crippen LogP contribution < -0.4 is 10.6 Å². The lowest BCUT2D eigenvalue weighted by atomic mass is 10.1. The van der Waals surface area contributed by atoms with Crippen LogP contribution in [0.5, 0.6) is 0 Å². The van der Waals surface area contributed by atoms with Crippen molar-refractivity contribution >= 4 is 41.5 Å². The van der Waals surface area contributed by atoms with Gasteiger partial charge in [-0.1, -0.05) is 11.6 Å². The van der Waals surface area contributed by atoms with Crippen LogP contribution in [0.15, 0.2) is 18.2 Å². The highest BCUT2D eigenvalue weighted by molar-refractivity contribution is 6.31. The molecule has 0 radical (unpaired) electrons. The van der Waals surface area contributed by atoms with Crippen LogP contribution in [-0.4, -0.2) is 55.6 Å². The fraction of sp³-hybridized carbons (Fsp3) is 0.500. The van der Waals surface area contributed by atoms with E-state index in [4.69, 9.17) is 16.3 Å². The maximum Gasteiger partial charge on any atom is 0.417 e. The van der Waals surface area contributed by atoms with Crippen LogP contribution in [0.25, 0.3) is 0 Å². The number of rotatable bonds is 4. The van der Waals surface area contributed by atoms with Crippen LogP contribution in [-0.2, 0) is 20.5 Å². The molecule has 1 fully saturated rings. The Bertz CT molecular complexity index is 689. The van der Waals surface area contributed by atoms with Gasteiger partial charge in [0.05, 0.1) is 29.8 Å². The van der Waals surface area contributed by atoms with E-state index < -0.39 is 28.7 Å². The highest BCUT2D eigenvalue weighted by Crippen LogP contribution is 2.36. The molecule has 2 atom stereocenters. The standard InChI is InChI=1S/C16H19ClF3N3O3.ClH/c1-9-14(21-5-6-26-9)15(25)23(2)8-13(24)22-10-3-4-12(17)11(7-10)16(18,19)20;/h3-4,7,9,14,21H,5-6,8H2,1-2H3,(H,22,24);1H/t9-,14+;/m1./s1. The molecule has 2 amide bonds. The lowest BCUT2D eigenvalue weighted by Gasteiger charge is -2.32. The van der Waals surface area contributed by atoms with E-state index in [1.165, 1.54) is 18.0 Å². The molecule has 2 rings (SSSR count). The van der Waals surface area contributed by atoms with E-state index in [2.05, 4.69) is 10.6 Å². The molecular formula is C16H20Cl2F3N3O3. The molecule has 11 heteroatoms. The quantitative estimate of drug-likeness (QED) is 0.771. The number of carbonyl (C=O) groups is 2. The number of nitrogens with zero attached hydrogens (tertiary/aromatic N) is 1. The monoisotopic (exact) mass is 429 g/mol. The fourth-order valence-corrected chi connectivity index (χ4v) is 2.79. The molecule has 0 bridgehead atoms. The van der Waals surface area contributed by atoms with Gasteiger partial charge in [-0.2, -0.15) is 13.2 Å². The van der Waals surface area contributed by atoms with Crippen LogP contribution in [0.3, 0.4) is 0 Å². The molecule has 0 aliphatic carbocycles. The van der Waals surface area contributed by atoms with Crippen molar-refractivity contribution in [2.24, 2.45) is 0 Å². The van der Waals surface area contributed by atoms with E-state index in [0.717, 1.165) is 12.1 Å². The minimum atomic E-state index is -4.63. The molecule has 0 spiro atoms. The van der Waals surface area contributed by atoms with Gasteiger partial charge in [0.15, 0.2) is 0 Å². The Hall–Kier alpha value is -1.55. The van der Waals surface area contributed by atoms with Crippen LogP contribution in [0, 0.1) is 0 Å². The highest BCUT2D eigenvalue weighted by atomic mass is 35.5. The van der Waals surface area contributed by atoms with Crippen molar-refractivity contribution in [2.75, 3.05) is 32.1 Å². The fourth-order valence-electron chi connectivity index (χ4n) is 2.56. The van der Waals surface area contributed by atoms with E-state index in [9.17, 15) is 22.8 Å². The lowest BCUT2D eigenvalue weighted by Crippen LogP contribution is -2.56. The van der Waals surface area contributed by atoms with Gasteiger partial charge < -0.3 is 20.3 Å². The number of likely N-dealkylation sites (N-methyl/N-ethyl adjacent to an activating group) is 1. The average Bonchev–Trinajstić information content (AvgIpc) is 2.55. The Morgan fingerprint density at radius 2 is 2.07 bits per heavy atom. The number of amides is 2. The molecule has 152 valence electrons. The third kappa shape index (κ3) is 6.24. The first-order valence-electron chi connectivity index (χ1n) is 7.86. The molecule has 6 nitrogen and oxygen atoms in total. The zero-order valence-corrected chi connectivity index (χ0v) is 16.2. The number of hydrogen-bond donors (Lipinski definition) is 2. The summed E-state index contributed by atoms with van der Waals surface area (Å²) in [5.41, 5.74) is -1.10. The van der Waals surface area contributed by atoms with Gasteiger partial charge in [0.1, 0.15) is 6.04 Å². The van der Waals surface area contributed by atoms with E-state index >= 15 is 0 Å². The van der Waals surface area contributed by atoms with Gasteiger partial charge in [0.2, 0.25) is 11.8 Å². The van der Waals surface area contributed by atoms with Crippen molar-refractivity contribution in [3.05, 3.63) is 28.8 Å². The molecule has 1 aromatic carbocycles. The molecule has 0 unspecified atom stereocenters. The van der Waals surface area contributed by atoms with Gasteiger partial charge >= 0.3 is 6.18 Å². The number of carbonyl (C=O) groups excluding carboxylic acids is 2. The number of alkyl halides is 3. The Morgan fingerprint density at radius 3 is 2.67 bits per heavy atom. The second-order valence-corrected chi connectivity index (χ2v) is 6.35. The van der Waals surface area contributed by atoms with Gasteiger partial charge in [0.25, 0.3) is 0 Å². The zero-order chi connectivity index (χ0) is 19.5. The number of nitrogens with one attached hydrogen (secondary N) is 2. The molecular weight excluding hydrogens is 410 g/mol. The minimum absolute atomic E-state index is 0. The Labute approximate surface area is 165 Å². The van der Waals surface area contributed by atoms with Gasteiger partial charge in [-0.25, -0.2) is 0 Å². The summed E-state index contributed by atoms with van der Waals surface area (Å²) in [6.07, 6.45) is -4.97. The number of benzene rings is 1. The second-order valence-electron chi connectivity index (χ2n) is 5.94. The van der Waals surface area contributed by atoms with Crippen molar-refractivity contribution in [3.63, 3.8) is 0 Å². The summed E-state index contributed by atoms with van der Waals surface area (Å²) < 4.78 is 44.0. The molecule has 27 heavy (non-hydrogen) atoms. The van der Waals surface area contributed by atoms with Crippen LogP contribution in [0.4, 0.5) is 18.9 Å². The van der Waals surface area contributed by atoms with E-state index in [-0.39, 0.29) is 36.7 Å². The predicted octanol–water partition coefficient (Wildman–Crippen LogP) is 2.55. The SMILES string of the molecule is C[C@H]1OCCN[C@@H]1C(=O)N(C)CC(=O)Nc1ccc(Cl)c(C(F)(F)F)c1.Cl. The van der Waals surface area contributed by atoms with E-state index in [0.29, 0.717) is 13.2 Å². The van der Waals surface area contributed by atoms with Crippen LogP contribution in [0.2, 0.25) is 5.02 Å². The Kier molecular flexibility index (Phi) is 8.34. The molecule has 1 aromatic rings. The summed E-state index contributed by atoms with van der Waals surface area (Å²) in [7, 11) is 1.44. The maximum atomic E-state index is 12.9. The maximum absolute atomic E-state index is 12.9. The summed E-state index contributed by atoms with van der Waals surface area (Å²) in [5, 5.41) is 4.90. The summed E-state index contributed by atoms with van der Waals surface area (Å²) >= 11 is 5.54. The smallest absolute Gasteiger partial charge is 0.375 e. The van der Waals surface area contributed by atoms with Gasteiger partial charge in [-0.15, -0.1) is 12.4 Å². The summed E-state index contributed by atoms with van der Waals surface area (Å²) in [4.78, 5) is 25.6. The molecule has 1 heterocycles. The second kappa shape index (κ2) is 9.59. The first-order chi connectivity index (χ1) is 12.1. The van der Waals surface area contributed by atoms with E-state index in [1.807, 2.05) is 0 Å². The van der Waals surface area contributed by atoms with Crippen molar-refractivity contribution < 1.29 is 27.5 Å². The molecule has 2 N–H and O–H groups in total. The predicted molar refractivity (Wildman–Crippen MR) is 97.2 cm³/mol. The first kappa shape index (κ1) is 23.5. The molecule has 1 aliphatic rings. The molecule has 1 aliphatic heterocycles. The number of anilines is 1. The molecule has 0 saturated carbocycles. The largest absolute Gasteiger partial charge is 0.417 e. The molecule has 0 aromatic heterocycles. The van der Waals surface area contributed by atoms with Gasteiger partial charge in [0, 0.05) is 19.3 Å². The Morgan fingerprint density at radius 1 is 1.41 bits per heavy atom. The van der Waals surface area contributed by atoms with Crippen molar-refractivity contribution in [3.8, 4) is 0 Å². The van der Waals surface area contributed by atoms with Crippen LogP contribution in [0.1, 0.15) is 12.5 Å². The van der Waals surface area contributed by atoms with Gasteiger partial charge in [-0.3, -0.25) is 9.59 Å². The summed E-state index contributed by atoms with van der Waals surface area (Å²) in [6, 6.07) is 2.49. The van der Waals surface area contributed by atoms with Crippen molar-refractivity contribution in [2.45, 2.75) is 25.2 Å². The van der Waals surface area contributed by atoms with Gasteiger partial charge in [-0.05, 0) is 25.1 Å². The zero-order valence-electron chi connectivity index (χ0n) is 14.6. The Balaban J connectivity index is 0.00000364. The average molecular weight is 430 g/mol. The van der Waals surface area contributed by atoms with Crippen LogP contribution >= 0.6 is 24.0 Å². The summed E-state index contributed by atoms with van der Waals surface area (Å²) in [5.74, 6) is -0.958. The number of halogens is 5. The normalized spacial score (nSPS) is 19.8. The highest BCUT2D eigenvalue weighted by Gasteiger charge is 2.34. The lowest BCUT2D eigenvalue weighted by molar-refractivity contribution is -0.140. The van der Waals surface area contributed by atoms with E-state index in [1.54, 1.807) is 6.92 Å². The number of ether oxygens (including phenoxy) is 1. The number of morpholine rings is 1. The van der Waals surface area contributed by atoms with Crippen molar-refractivity contribution in [1.82, 2.24) is 10.2 Å². The third-order valence-electron chi connectivity index (χ3n) is 3.90. The molecule has 1 saturated heterocycles. The first-order valence-corrected chi connectivity index (χ1v) is 8.24.